The second-order valence-corrected chi connectivity index (χ2v) is 8.52. The third-order valence-electron chi connectivity index (χ3n) is 6.16. The molecule has 0 saturated carbocycles. The van der Waals surface area contributed by atoms with Crippen molar-refractivity contribution in [2.45, 2.75) is 52.9 Å². The minimum atomic E-state index is -0.395. The molecule has 0 aromatic carbocycles. The lowest BCUT2D eigenvalue weighted by atomic mass is 9.91. The lowest BCUT2D eigenvalue weighted by Gasteiger charge is -2.23. The number of rotatable bonds is 4. The van der Waals surface area contributed by atoms with Crippen molar-refractivity contribution >= 4 is 17.3 Å². The smallest absolute Gasteiger partial charge is 0.229 e. The van der Waals surface area contributed by atoms with Crippen LogP contribution in [0.15, 0.2) is 47.4 Å². The average Bonchev–Trinajstić information content (AvgIpc) is 3.18. The van der Waals surface area contributed by atoms with Gasteiger partial charge in [0.2, 0.25) is 5.91 Å². The van der Waals surface area contributed by atoms with Crippen molar-refractivity contribution in [3.63, 3.8) is 0 Å². The highest BCUT2D eigenvalue weighted by atomic mass is 19.1. The molecule has 1 saturated heterocycles. The first kappa shape index (κ1) is 22.1. The number of aryl methyl sites for hydroxylation is 1. The van der Waals surface area contributed by atoms with Crippen molar-refractivity contribution in [3.05, 3.63) is 70.5 Å². The van der Waals surface area contributed by atoms with Crippen LogP contribution in [0.2, 0.25) is 0 Å². The monoisotopic (exact) mass is 435 g/mol. The van der Waals surface area contributed by atoms with Crippen molar-refractivity contribution in [1.29, 1.82) is 0 Å². The Labute approximate surface area is 187 Å². The predicted molar refractivity (Wildman–Crippen MR) is 124 cm³/mol. The molecule has 3 aromatic heterocycles. The zero-order chi connectivity index (χ0) is 22.8. The molecule has 0 atom stereocenters. The van der Waals surface area contributed by atoms with Crippen molar-refractivity contribution in [3.8, 4) is 0 Å². The number of nitrogens with one attached hydrogen (secondary N) is 1. The Hall–Kier alpha value is -3.06. The first-order valence-corrected chi connectivity index (χ1v) is 11.2. The Bertz CT molecular complexity index is 1260. The molecule has 0 bridgehead atoms. The summed E-state index contributed by atoms with van der Waals surface area (Å²) in [7, 11) is 0. The van der Waals surface area contributed by atoms with Crippen LogP contribution in [0, 0.1) is 12.7 Å². The first-order chi connectivity index (χ1) is 15.4. The molecule has 7 heteroatoms. The average molecular weight is 436 g/mol. The number of fused-ring (bicyclic) bond motifs is 1. The van der Waals surface area contributed by atoms with E-state index in [1.54, 1.807) is 22.1 Å². The number of aromatic nitrogens is 3. The molecule has 1 N–H and O–H groups in total. The largest absolute Gasteiger partial charge is 0.317 e. The highest BCUT2D eigenvalue weighted by molar-refractivity contribution is 5.76. The number of imidazole rings is 1. The van der Waals surface area contributed by atoms with E-state index < -0.39 is 5.82 Å². The van der Waals surface area contributed by atoms with E-state index in [1.165, 1.54) is 6.07 Å². The van der Waals surface area contributed by atoms with Crippen LogP contribution in [0.1, 0.15) is 67.6 Å². The number of piperidine rings is 1. The highest BCUT2D eigenvalue weighted by Crippen LogP contribution is 2.26. The summed E-state index contributed by atoms with van der Waals surface area (Å²) in [5.41, 5.74) is 5.08. The molecule has 0 amide bonds. The van der Waals surface area contributed by atoms with E-state index in [9.17, 15) is 9.18 Å². The van der Waals surface area contributed by atoms with E-state index in [1.807, 2.05) is 39.2 Å². The second kappa shape index (κ2) is 9.20. The van der Waals surface area contributed by atoms with Crippen LogP contribution >= 0.6 is 0 Å². The SMILES string of the molecule is CC/C(C)=C(/N=c1ccc(C2CCNCC2)cn1C(C)=O)c1cc(F)c2nc(C)cn2c1. The van der Waals surface area contributed by atoms with Gasteiger partial charge < -0.3 is 9.72 Å². The highest BCUT2D eigenvalue weighted by Gasteiger charge is 2.17. The van der Waals surface area contributed by atoms with Crippen LogP contribution in [-0.4, -0.2) is 32.9 Å². The van der Waals surface area contributed by atoms with Crippen LogP contribution in [0.4, 0.5) is 4.39 Å². The molecule has 168 valence electrons. The summed E-state index contributed by atoms with van der Waals surface area (Å²) in [6.07, 6.45) is 8.42. The maximum Gasteiger partial charge on any atom is 0.229 e. The van der Waals surface area contributed by atoms with E-state index in [2.05, 4.69) is 16.4 Å². The fourth-order valence-electron chi connectivity index (χ4n) is 4.25. The minimum Gasteiger partial charge on any atom is -0.317 e. The summed E-state index contributed by atoms with van der Waals surface area (Å²) in [5.74, 6) is -0.0583. The van der Waals surface area contributed by atoms with Crippen LogP contribution in [0.5, 0.6) is 0 Å². The molecule has 4 heterocycles. The molecule has 6 nitrogen and oxygen atoms in total. The molecule has 1 aliphatic heterocycles. The molecule has 4 rings (SSSR count). The summed E-state index contributed by atoms with van der Waals surface area (Å²) in [5, 5.41) is 3.38. The Morgan fingerprint density at radius 2 is 1.97 bits per heavy atom. The van der Waals surface area contributed by atoms with Gasteiger partial charge in [-0.2, -0.15) is 0 Å². The standard InChI is InChI=1S/C25H30FN5O/c1-5-16(2)24(21-12-22(26)25-28-17(3)13-30(25)14-21)29-23-7-6-20(15-31(23)18(4)32)19-8-10-27-11-9-19/h6-7,12-15,19,27H,5,8-11H2,1-4H3/b24-16+,29-23?. The Morgan fingerprint density at radius 1 is 1.22 bits per heavy atom. The summed E-state index contributed by atoms with van der Waals surface area (Å²) in [4.78, 5) is 21.6. The third kappa shape index (κ3) is 4.43. The van der Waals surface area contributed by atoms with E-state index in [0.29, 0.717) is 28.3 Å². The Morgan fingerprint density at radius 3 is 2.66 bits per heavy atom. The van der Waals surface area contributed by atoms with Crippen molar-refractivity contribution in [2.75, 3.05) is 13.1 Å². The fraction of sp³-hybridized carbons (Fsp3) is 0.400. The van der Waals surface area contributed by atoms with Crippen LogP contribution in [-0.2, 0) is 0 Å². The summed E-state index contributed by atoms with van der Waals surface area (Å²) in [6, 6.07) is 5.44. The van der Waals surface area contributed by atoms with Gasteiger partial charge in [0.1, 0.15) is 5.49 Å². The number of hydrogen-bond donors (Lipinski definition) is 1. The van der Waals surface area contributed by atoms with Gasteiger partial charge in [-0.3, -0.25) is 9.36 Å². The van der Waals surface area contributed by atoms with E-state index in [0.717, 1.165) is 49.2 Å². The van der Waals surface area contributed by atoms with Crippen molar-refractivity contribution in [2.24, 2.45) is 4.99 Å². The summed E-state index contributed by atoms with van der Waals surface area (Å²) >= 11 is 0. The quantitative estimate of drug-likeness (QED) is 0.658. The fourth-order valence-corrected chi connectivity index (χ4v) is 4.25. The van der Waals surface area contributed by atoms with Gasteiger partial charge in [-0.25, -0.2) is 14.4 Å². The van der Waals surface area contributed by atoms with E-state index in [4.69, 9.17) is 4.99 Å². The lowest BCUT2D eigenvalue weighted by molar-refractivity contribution is 0.0931. The number of nitrogens with zero attached hydrogens (tertiary/aromatic N) is 4. The zero-order valence-electron chi connectivity index (χ0n) is 19.2. The number of carbonyl (C=O) groups excluding carboxylic acids is 1. The van der Waals surface area contributed by atoms with Gasteiger partial charge in [0.05, 0.1) is 11.4 Å². The van der Waals surface area contributed by atoms with Crippen molar-refractivity contribution < 1.29 is 9.18 Å². The van der Waals surface area contributed by atoms with Gasteiger partial charge in [-0.1, -0.05) is 13.0 Å². The Balaban J connectivity index is 1.85. The van der Waals surface area contributed by atoms with Gasteiger partial charge >= 0.3 is 0 Å². The van der Waals surface area contributed by atoms with Gasteiger partial charge in [0.15, 0.2) is 11.5 Å². The molecule has 1 fully saturated rings. The van der Waals surface area contributed by atoms with E-state index >= 15 is 0 Å². The summed E-state index contributed by atoms with van der Waals surface area (Å²) < 4.78 is 18.1. The second-order valence-electron chi connectivity index (χ2n) is 8.52. The van der Waals surface area contributed by atoms with Crippen LogP contribution in [0.25, 0.3) is 11.3 Å². The van der Waals surface area contributed by atoms with E-state index in [-0.39, 0.29) is 5.91 Å². The molecular formula is C25H30FN5O. The normalized spacial score (nSPS) is 16.5. The molecule has 0 radical (unpaired) electrons. The third-order valence-corrected chi connectivity index (χ3v) is 6.16. The van der Waals surface area contributed by atoms with Crippen LogP contribution in [0.3, 0.4) is 0 Å². The molecule has 1 aliphatic rings. The number of carbonyl (C=O) groups is 1. The van der Waals surface area contributed by atoms with Gasteiger partial charge in [-0.15, -0.1) is 0 Å². The Kier molecular flexibility index (Phi) is 6.37. The molecular weight excluding hydrogens is 405 g/mol. The minimum absolute atomic E-state index is 0.0973. The van der Waals surface area contributed by atoms with Gasteiger partial charge in [0.25, 0.3) is 0 Å². The van der Waals surface area contributed by atoms with Crippen molar-refractivity contribution in [1.82, 2.24) is 19.3 Å². The van der Waals surface area contributed by atoms with Gasteiger partial charge in [-0.05, 0) is 75.4 Å². The van der Waals surface area contributed by atoms with Crippen LogP contribution < -0.4 is 10.8 Å². The topological polar surface area (TPSA) is 63.7 Å². The van der Waals surface area contributed by atoms with Gasteiger partial charge in [0, 0.05) is 31.1 Å². The predicted octanol–water partition coefficient (Wildman–Crippen LogP) is 4.45. The number of hydrogen-bond acceptors (Lipinski definition) is 4. The maximum absolute atomic E-state index is 14.8. The molecule has 0 spiro atoms. The summed E-state index contributed by atoms with van der Waals surface area (Å²) in [6.45, 7) is 9.38. The zero-order valence-corrected chi connectivity index (χ0v) is 19.2. The first-order valence-electron chi connectivity index (χ1n) is 11.2. The lowest BCUT2D eigenvalue weighted by Crippen LogP contribution is -2.29. The number of halogens is 1. The molecule has 32 heavy (non-hydrogen) atoms. The molecule has 0 aliphatic carbocycles. The molecule has 0 unspecified atom stereocenters. The molecule has 3 aromatic rings. The number of allylic oxidation sites excluding steroid dienone is 1. The maximum atomic E-state index is 14.8. The number of pyridine rings is 2.